The van der Waals surface area contributed by atoms with Crippen molar-refractivity contribution >= 4 is 11.8 Å². The van der Waals surface area contributed by atoms with Gasteiger partial charge in [0.2, 0.25) is 0 Å². The molecule has 0 spiro atoms. The highest BCUT2D eigenvalue weighted by molar-refractivity contribution is 6.09. The second kappa shape index (κ2) is 4.31. The molecule has 2 heterocycles. The van der Waals surface area contributed by atoms with Crippen LogP contribution in [-0.2, 0) is 15.1 Å². The van der Waals surface area contributed by atoms with Crippen LogP contribution in [0.4, 0.5) is 0 Å². The number of carbonyl (C=O) groups excluding carboxylic acids is 2. The minimum atomic E-state index is -0.969. The highest BCUT2D eigenvalue weighted by atomic mass is 16.6. The molecule has 0 N–H and O–H groups in total. The summed E-state index contributed by atoms with van der Waals surface area (Å²) in [6.07, 6.45) is 0. The lowest BCUT2D eigenvalue weighted by atomic mass is 9.51. The average Bonchev–Trinajstić information content (AvgIpc) is 2.85. The monoisotopic (exact) mass is 334 g/mol. The van der Waals surface area contributed by atoms with E-state index in [1.165, 1.54) is 0 Å². The van der Waals surface area contributed by atoms with E-state index in [9.17, 15) is 9.59 Å². The van der Waals surface area contributed by atoms with Crippen LogP contribution in [0.3, 0.4) is 0 Å². The molecule has 25 heavy (non-hydrogen) atoms. The van der Waals surface area contributed by atoms with Gasteiger partial charge in [0, 0.05) is 17.0 Å². The fourth-order valence-electron chi connectivity index (χ4n) is 5.24. The van der Waals surface area contributed by atoms with Gasteiger partial charge in [0.05, 0.1) is 18.4 Å². The molecule has 0 unspecified atom stereocenters. The summed E-state index contributed by atoms with van der Waals surface area (Å²) in [5.74, 6) is -0.207. The summed E-state index contributed by atoms with van der Waals surface area (Å²) in [4.78, 5) is 26.3. The number of fused-ring (bicyclic) bond motifs is 2. The van der Waals surface area contributed by atoms with Crippen molar-refractivity contribution in [1.29, 1.82) is 0 Å². The van der Waals surface area contributed by atoms with Gasteiger partial charge < -0.3 is 9.47 Å². The van der Waals surface area contributed by atoms with Crippen LogP contribution >= 0.6 is 0 Å². The minimum Gasteiger partial charge on any atom is -0.497 e. The zero-order valence-corrected chi connectivity index (χ0v) is 14.3. The van der Waals surface area contributed by atoms with Gasteiger partial charge in [-0.15, -0.1) is 0 Å². The molecule has 4 heteroatoms. The molecule has 126 valence electrons. The third-order valence-electron chi connectivity index (χ3n) is 6.63. The number of methoxy groups -OCH3 is 1. The molecule has 1 saturated heterocycles. The molecule has 4 atom stereocenters. The predicted molar refractivity (Wildman–Crippen MR) is 90.8 cm³/mol. The maximum Gasteiger partial charge on any atom is 0.315 e. The van der Waals surface area contributed by atoms with Crippen molar-refractivity contribution in [2.24, 2.45) is 5.41 Å². The molecule has 1 fully saturated rings. The van der Waals surface area contributed by atoms with E-state index in [0.717, 1.165) is 16.7 Å². The number of ether oxygens (including phenoxy) is 2. The third kappa shape index (κ3) is 1.41. The van der Waals surface area contributed by atoms with Crippen LogP contribution in [0.25, 0.3) is 0 Å². The smallest absolute Gasteiger partial charge is 0.315 e. The number of Topliss-reactive ketones (excluding diaryl/α,β-unsaturated/α-hetero) is 1. The number of hydrogen-bond acceptors (Lipinski definition) is 4. The van der Waals surface area contributed by atoms with Crippen molar-refractivity contribution in [3.63, 3.8) is 0 Å². The highest BCUT2D eigenvalue weighted by Crippen LogP contribution is 2.69. The maximum atomic E-state index is 13.5. The first-order valence-corrected chi connectivity index (χ1v) is 8.48. The number of benzene rings is 2. The average molecular weight is 334 g/mol. The second-order valence-electron chi connectivity index (χ2n) is 7.48. The summed E-state index contributed by atoms with van der Waals surface area (Å²) in [6.45, 7) is 3.83. The van der Waals surface area contributed by atoms with Gasteiger partial charge in [-0.25, -0.2) is 0 Å². The first kappa shape index (κ1) is 14.7. The lowest BCUT2D eigenvalue weighted by Crippen LogP contribution is -2.60. The van der Waals surface area contributed by atoms with Crippen molar-refractivity contribution in [3.8, 4) is 5.75 Å². The molecule has 2 aliphatic heterocycles. The molecule has 2 aromatic rings. The van der Waals surface area contributed by atoms with E-state index >= 15 is 0 Å². The number of hydrogen-bond donors (Lipinski definition) is 0. The number of ketones is 1. The van der Waals surface area contributed by atoms with Crippen LogP contribution in [0.1, 0.15) is 52.7 Å². The van der Waals surface area contributed by atoms with Crippen molar-refractivity contribution in [2.75, 3.05) is 7.11 Å². The van der Waals surface area contributed by atoms with E-state index in [4.69, 9.17) is 9.47 Å². The molecule has 4 nitrogen and oxygen atoms in total. The van der Waals surface area contributed by atoms with Crippen LogP contribution in [0.5, 0.6) is 5.75 Å². The zero-order valence-electron chi connectivity index (χ0n) is 14.3. The Bertz CT molecular complexity index is 962. The van der Waals surface area contributed by atoms with Gasteiger partial charge in [-0.05, 0) is 37.1 Å². The SMILES string of the molecule is COc1ccc2c(c1)C(=O)[C@@]1(C)[C@@H]2[C@@H]2C(=O)O[C@@]1(C)c1ccccc12. The first-order valence-electron chi connectivity index (χ1n) is 8.48. The van der Waals surface area contributed by atoms with Crippen LogP contribution in [0, 0.1) is 5.41 Å². The lowest BCUT2D eigenvalue weighted by molar-refractivity contribution is -0.195. The molecule has 2 aromatic carbocycles. The predicted octanol–water partition coefficient (Wildman–Crippen LogP) is 3.55. The van der Waals surface area contributed by atoms with Gasteiger partial charge in [-0.3, -0.25) is 9.59 Å². The summed E-state index contributed by atoms with van der Waals surface area (Å²) >= 11 is 0. The molecule has 0 saturated carbocycles. The highest BCUT2D eigenvalue weighted by Gasteiger charge is 2.72. The molecule has 0 amide bonds. The van der Waals surface area contributed by atoms with E-state index in [2.05, 4.69) is 0 Å². The zero-order chi connectivity index (χ0) is 17.6. The van der Waals surface area contributed by atoms with E-state index in [1.54, 1.807) is 13.2 Å². The molecule has 6 rings (SSSR count). The van der Waals surface area contributed by atoms with Gasteiger partial charge in [-0.1, -0.05) is 30.3 Å². The number of carbonyl (C=O) groups is 2. The molecular weight excluding hydrogens is 316 g/mol. The molecule has 0 aromatic heterocycles. The quantitative estimate of drug-likeness (QED) is 0.749. The van der Waals surface area contributed by atoms with Crippen LogP contribution in [0.15, 0.2) is 42.5 Å². The van der Waals surface area contributed by atoms with E-state index < -0.39 is 16.9 Å². The molecular formula is C21H18O4. The van der Waals surface area contributed by atoms with Crippen molar-refractivity contribution in [1.82, 2.24) is 0 Å². The Kier molecular flexibility index (Phi) is 2.54. The third-order valence-corrected chi connectivity index (χ3v) is 6.63. The van der Waals surface area contributed by atoms with Gasteiger partial charge in [0.25, 0.3) is 0 Å². The Morgan fingerprint density at radius 1 is 1.04 bits per heavy atom. The summed E-state index contributed by atoms with van der Waals surface area (Å²) in [5.41, 5.74) is 1.73. The number of rotatable bonds is 1. The van der Waals surface area contributed by atoms with Gasteiger partial charge in [0.1, 0.15) is 11.4 Å². The second-order valence-corrected chi connectivity index (χ2v) is 7.48. The van der Waals surface area contributed by atoms with E-state index in [0.29, 0.717) is 11.3 Å². The fraction of sp³-hybridized carbons (Fsp3) is 0.333. The Morgan fingerprint density at radius 3 is 2.56 bits per heavy atom. The minimum absolute atomic E-state index is 0.0286. The lowest BCUT2D eigenvalue weighted by Gasteiger charge is -2.57. The van der Waals surface area contributed by atoms with Crippen molar-refractivity contribution in [2.45, 2.75) is 31.3 Å². The molecule has 4 aliphatic rings. The Balaban J connectivity index is 1.85. The van der Waals surface area contributed by atoms with Gasteiger partial charge >= 0.3 is 5.97 Å². The van der Waals surface area contributed by atoms with Crippen LogP contribution < -0.4 is 4.74 Å². The summed E-state index contributed by atoms with van der Waals surface area (Å²) in [7, 11) is 1.59. The van der Waals surface area contributed by atoms with Crippen molar-refractivity contribution < 1.29 is 19.1 Å². The fourth-order valence-corrected chi connectivity index (χ4v) is 5.24. The Morgan fingerprint density at radius 2 is 1.80 bits per heavy atom. The molecule has 2 bridgehead atoms. The number of esters is 1. The van der Waals surface area contributed by atoms with Crippen molar-refractivity contribution in [3.05, 3.63) is 64.7 Å². The Labute approximate surface area is 145 Å². The first-order chi connectivity index (χ1) is 11.9. The largest absolute Gasteiger partial charge is 0.497 e. The standard InChI is InChI=1S/C21H18O4/c1-20-17(12-9-8-11(24-3)10-14(12)18(20)22)16-13-6-4-5-7-15(13)21(20,2)25-19(16)23/h4-10,16-17H,1-3H3/t16-,17+,20-,21+/m1/s1. The van der Waals surface area contributed by atoms with Crippen LogP contribution in [0.2, 0.25) is 0 Å². The molecule has 0 radical (unpaired) electrons. The van der Waals surface area contributed by atoms with Crippen LogP contribution in [-0.4, -0.2) is 18.9 Å². The Hall–Kier alpha value is -2.62. The normalized spacial score (nSPS) is 34.2. The summed E-state index contributed by atoms with van der Waals surface area (Å²) in [6, 6.07) is 13.4. The van der Waals surface area contributed by atoms with E-state index in [1.807, 2.05) is 50.2 Å². The molecule has 2 aliphatic carbocycles. The van der Waals surface area contributed by atoms with E-state index in [-0.39, 0.29) is 17.7 Å². The van der Waals surface area contributed by atoms with Gasteiger partial charge in [0.15, 0.2) is 5.78 Å². The topological polar surface area (TPSA) is 52.6 Å². The van der Waals surface area contributed by atoms with Gasteiger partial charge in [-0.2, -0.15) is 0 Å². The summed E-state index contributed by atoms with van der Waals surface area (Å²) < 4.78 is 11.2. The summed E-state index contributed by atoms with van der Waals surface area (Å²) in [5, 5.41) is 0. The maximum absolute atomic E-state index is 13.5.